The Morgan fingerprint density at radius 2 is 2.15 bits per heavy atom. The van der Waals surface area contributed by atoms with Gasteiger partial charge in [-0.05, 0) is 24.1 Å². The number of nitrogens with one attached hydrogen (secondary N) is 1. The van der Waals surface area contributed by atoms with Gasteiger partial charge in [-0.2, -0.15) is 0 Å². The van der Waals surface area contributed by atoms with Crippen molar-refractivity contribution in [3.05, 3.63) is 29.6 Å². The predicted octanol–water partition coefficient (Wildman–Crippen LogP) is 1.75. The number of methoxy groups -OCH3 is 1. The van der Waals surface area contributed by atoms with Crippen molar-refractivity contribution in [3.8, 4) is 5.75 Å². The zero-order valence-corrected chi connectivity index (χ0v) is 11.9. The predicted molar refractivity (Wildman–Crippen MR) is 74.1 cm³/mol. The summed E-state index contributed by atoms with van der Waals surface area (Å²) in [5.41, 5.74) is 0.621. The van der Waals surface area contributed by atoms with Crippen LogP contribution in [0.5, 0.6) is 5.75 Å². The number of aliphatic hydroxyl groups is 1. The third kappa shape index (κ3) is 5.05. The number of urea groups is 1. The summed E-state index contributed by atoms with van der Waals surface area (Å²) in [6, 6.07) is 4.02. The summed E-state index contributed by atoms with van der Waals surface area (Å²) in [4.78, 5) is 13.4. The minimum Gasteiger partial charge on any atom is -0.497 e. The number of aliphatic hydroxyl groups excluding tert-OH is 1. The van der Waals surface area contributed by atoms with Gasteiger partial charge in [0.15, 0.2) is 0 Å². The van der Waals surface area contributed by atoms with Gasteiger partial charge in [-0.15, -0.1) is 0 Å². The highest BCUT2D eigenvalue weighted by Crippen LogP contribution is 2.15. The number of benzene rings is 1. The van der Waals surface area contributed by atoms with E-state index in [1.807, 2.05) is 6.92 Å². The van der Waals surface area contributed by atoms with E-state index in [4.69, 9.17) is 9.84 Å². The Balaban J connectivity index is 2.61. The van der Waals surface area contributed by atoms with Crippen LogP contribution in [0.3, 0.4) is 0 Å². The van der Waals surface area contributed by atoms with E-state index >= 15 is 0 Å². The smallest absolute Gasteiger partial charge is 0.317 e. The Bertz CT molecular complexity index is 434. The SMILES string of the molecule is CCCN(CCO)C(=O)NCc1cc(F)cc(OC)c1. The number of amides is 2. The van der Waals surface area contributed by atoms with E-state index in [-0.39, 0.29) is 25.7 Å². The zero-order chi connectivity index (χ0) is 15.0. The maximum Gasteiger partial charge on any atom is 0.317 e. The number of carbonyl (C=O) groups is 1. The molecule has 0 atom stereocenters. The number of carbonyl (C=O) groups excluding carboxylic acids is 1. The summed E-state index contributed by atoms with van der Waals surface area (Å²) in [7, 11) is 1.46. The lowest BCUT2D eigenvalue weighted by atomic mass is 10.2. The van der Waals surface area contributed by atoms with E-state index < -0.39 is 5.82 Å². The van der Waals surface area contributed by atoms with Crippen LogP contribution in [-0.2, 0) is 6.54 Å². The average Bonchev–Trinajstić information content (AvgIpc) is 2.44. The van der Waals surface area contributed by atoms with Gasteiger partial charge in [-0.25, -0.2) is 9.18 Å². The zero-order valence-electron chi connectivity index (χ0n) is 11.9. The maximum absolute atomic E-state index is 13.3. The summed E-state index contributed by atoms with van der Waals surface area (Å²) in [5.74, 6) is 0.00407. The van der Waals surface area contributed by atoms with Crippen LogP contribution in [0.1, 0.15) is 18.9 Å². The third-order valence-corrected chi connectivity index (χ3v) is 2.76. The molecular formula is C14H21FN2O3. The number of ether oxygens (including phenoxy) is 1. The minimum absolute atomic E-state index is 0.0821. The number of hydrogen-bond acceptors (Lipinski definition) is 3. The minimum atomic E-state index is -0.408. The van der Waals surface area contributed by atoms with E-state index in [1.54, 1.807) is 6.07 Å². The molecule has 0 aliphatic carbocycles. The van der Waals surface area contributed by atoms with Crippen LogP contribution in [0.2, 0.25) is 0 Å². The molecule has 6 heteroatoms. The van der Waals surface area contributed by atoms with Gasteiger partial charge in [-0.1, -0.05) is 6.92 Å². The molecule has 1 aromatic rings. The molecule has 0 unspecified atom stereocenters. The summed E-state index contributed by atoms with van der Waals surface area (Å²) >= 11 is 0. The van der Waals surface area contributed by atoms with Gasteiger partial charge in [0.05, 0.1) is 13.7 Å². The molecule has 2 N–H and O–H groups in total. The molecule has 0 saturated carbocycles. The summed E-state index contributed by atoms with van der Waals surface area (Å²) in [6.45, 7) is 2.93. The Hall–Kier alpha value is -1.82. The first-order chi connectivity index (χ1) is 9.60. The maximum atomic E-state index is 13.3. The molecule has 0 radical (unpaired) electrons. The van der Waals surface area contributed by atoms with Crippen LogP contribution in [0, 0.1) is 5.82 Å². The van der Waals surface area contributed by atoms with Crippen molar-refractivity contribution in [2.45, 2.75) is 19.9 Å². The quantitative estimate of drug-likeness (QED) is 0.802. The first kappa shape index (κ1) is 16.2. The molecule has 2 amide bonds. The Morgan fingerprint density at radius 1 is 1.40 bits per heavy atom. The first-order valence-electron chi connectivity index (χ1n) is 6.57. The molecule has 5 nitrogen and oxygen atoms in total. The Morgan fingerprint density at radius 3 is 2.75 bits per heavy atom. The highest BCUT2D eigenvalue weighted by Gasteiger charge is 2.11. The number of rotatable bonds is 7. The van der Waals surface area contributed by atoms with E-state index in [0.717, 1.165) is 6.42 Å². The number of halogens is 1. The van der Waals surface area contributed by atoms with Crippen LogP contribution in [0.15, 0.2) is 18.2 Å². The monoisotopic (exact) mass is 284 g/mol. The molecule has 0 bridgehead atoms. The van der Waals surface area contributed by atoms with Crippen molar-refractivity contribution < 1.29 is 19.0 Å². The normalized spacial score (nSPS) is 10.2. The van der Waals surface area contributed by atoms with Crippen molar-refractivity contribution in [2.75, 3.05) is 26.8 Å². The fourth-order valence-electron chi connectivity index (χ4n) is 1.84. The average molecular weight is 284 g/mol. The Kier molecular flexibility index (Phi) is 6.79. The van der Waals surface area contributed by atoms with E-state index in [0.29, 0.717) is 17.9 Å². The molecule has 0 saturated heterocycles. The third-order valence-electron chi connectivity index (χ3n) is 2.76. The van der Waals surface area contributed by atoms with Crippen LogP contribution < -0.4 is 10.1 Å². The lowest BCUT2D eigenvalue weighted by molar-refractivity contribution is 0.177. The summed E-state index contributed by atoms with van der Waals surface area (Å²) < 4.78 is 18.3. The van der Waals surface area contributed by atoms with Crippen molar-refractivity contribution >= 4 is 6.03 Å². The van der Waals surface area contributed by atoms with Gasteiger partial charge in [0.2, 0.25) is 0 Å². The molecule has 112 valence electrons. The van der Waals surface area contributed by atoms with Crippen molar-refractivity contribution in [2.24, 2.45) is 0 Å². The molecule has 0 aliphatic heterocycles. The number of nitrogens with zero attached hydrogens (tertiary/aromatic N) is 1. The summed E-state index contributed by atoms with van der Waals surface area (Å²) in [6.07, 6.45) is 0.807. The van der Waals surface area contributed by atoms with Crippen molar-refractivity contribution in [1.82, 2.24) is 10.2 Å². The molecule has 1 rings (SSSR count). The molecule has 0 spiro atoms. The molecular weight excluding hydrogens is 263 g/mol. The van der Waals surface area contributed by atoms with Gasteiger partial charge >= 0.3 is 6.03 Å². The van der Waals surface area contributed by atoms with E-state index in [9.17, 15) is 9.18 Å². The van der Waals surface area contributed by atoms with Crippen LogP contribution in [0.25, 0.3) is 0 Å². The second-order valence-electron chi connectivity index (χ2n) is 4.37. The van der Waals surface area contributed by atoms with Crippen molar-refractivity contribution in [3.63, 3.8) is 0 Å². The molecule has 0 aliphatic rings. The fraction of sp³-hybridized carbons (Fsp3) is 0.500. The Labute approximate surface area is 118 Å². The topological polar surface area (TPSA) is 61.8 Å². The standard InChI is InChI=1S/C14H21FN2O3/c1-3-4-17(5-6-18)14(19)16-10-11-7-12(15)9-13(8-11)20-2/h7-9,18H,3-6,10H2,1-2H3,(H,16,19). The van der Waals surface area contributed by atoms with Crippen LogP contribution in [0.4, 0.5) is 9.18 Å². The molecule has 0 aromatic heterocycles. The molecule has 20 heavy (non-hydrogen) atoms. The highest BCUT2D eigenvalue weighted by molar-refractivity contribution is 5.74. The van der Waals surface area contributed by atoms with Gasteiger partial charge in [0.1, 0.15) is 11.6 Å². The second kappa shape index (κ2) is 8.37. The first-order valence-corrected chi connectivity index (χ1v) is 6.57. The van der Waals surface area contributed by atoms with Gasteiger partial charge in [0, 0.05) is 25.7 Å². The highest BCUT2D eigenvalue weighted by atomic mass is 19.1. The molecule has 0 fully saturated rings. The fourth-order valence-corrected chi connectivity index (χ4v) is 1.84. The van der Waals surface area contributed by atoms with Gasteiger partial charge < -0.3 is 20.1 Å². The lowest BCUT2D eigenvalue weighted by Gasteiger charge is -2.21. The number of hydrogen-bond donors (Lipinski definition) is 2. The molecule has 1 aromatic carbocycles. The van der Waals surface area contributed by atoms with Crippen LogP contribution in [-0.4, -0.2) is 42.8 Å². The van der Waals surface area contributed by atoms with Crippen LogP contribution >= 0.6 is 0 Å². The van der Waals surface area contributed by atoms with Crippen molar-refractivity contribution in [1.29, 1.82) is 0 Å². The van der Waals surface area contributed by atoms with Gasteiger partial charge in [-0.3, -0.25) is 0 Å². The largest absolute Gasteiger partial charge is 0.497 e. The van der Waals surface area contributed by atoms with E-state index in [2.05, 4.69) is 5.32 Å². The second-order valence-corrected chi connectivity index (χ2v) is 4.37. The summed E-state index contributed by atoms with van der Waals surface area (Å²) in [5, 5.41) is 11.6. The molecule has 0 heterocycles. The van der Waals surface area contributed by atoms with Gasteiger partial charge in [0.25, 0.3) is 0 Å². The lowest BCUT2D eigenvalue weighted by Crippen LogP contribution is -2.41. The van der Waals surface area contributed by atoms with E-state index in [1.165, 1.54) is 24.1 Å².